The molecule has 0 unspecified atom stereocenters. The summed E-state index contributed by atoms with van der Waals surface area (Å²) in [6, 6.07) is 3.79. The Balaban J connectivity index is 0.00000108. The molecule has 0 aliphatic carbocycles. The van der Waals surface area contributed by atoms with Crippen molar-refractivity contribution in [2.45, 2.75) is 6.42 Å². The summed E-state index contributed by atoms with van der Waals surface area (Å²) in [6.45, 7) is 2.09. The van der Waals surface area contributed by atoms with Gasteiger partial charge in [-0.05, 0) is 31.1 Å². The van der Waals surface area contributed by atoms with Gasteiger partial charge in [-0.25, -0.2) is 0 Å². The van der Waals surface area contributed by atoms with Crippen molar-refractivity contribution in [2.24, 2.45) is 5.92 Å². The van der Waals surface area contributed by atoms with Crippen LogP contribution in [-0.2, 0) is 6.42 Å². The van der Waals surface area contributed by atoms with Gasteiger partial charge in [0.2, 0.25) is 11.7 Å². The molecule has 1 aliphatic heterocycles. The summed E-state index contributed by atoms with van der Waals surface area (Å²) in [5.41, 5.74) is 0.893. The number of nitrogens with one attached hydrogen (secondary N) is 1. The van der Waals surface area contributed by atoms with E-state index < -0.39 is 0 Å². The zero-order valence-corrected chi connectivity index (χ0v) is 9.98. The summed E-state index contributed by atoms with van der Waals surface area (Å²) in [4.78, 5) is 8.38. The van der Waals surface area contributed by atoms with E-state index in [4.69, 9.17) is 4.52 Å². The van der Waals surface area contributed by atoms with Crippen LogP contribution in [0.1, 0.15) is 5.89 Å². The maximum atomic E-state index is 5.21. The second kappa shape index (κ2) is 5.25. The van der Waals surface area contributed by atoms with E-state index in [1.165, 1.54) is 0 Å². The topological polar surface area (TPSA) is 63.8 Å². The molecule has 0 saturated carbocycles. The van der Waals surface area contributed by atoms with Gasteiger partial charge >= 0.3 is 0 Å². The van der Waals surface area contributed by atoms with Gasteiger partial charge in [0.25, 0.3) is 0 Å². The Morgan fingerprint density at radius 3 is 2.94 bits per heavy atom. The van der Waals surface area contributed by atoms with Crippen molar-refractivity contribution >= 4 is 12.4 Å². The van der Waals surface area contributed by atoms with E-state index in [1.807, 2.05) is 12.1 Å². The lowest BCUT2D eigenvalue weighted by molar-refractivity contribution is 0.296. The van der Waals surface area contributed by atoms with Crippen LogP contribution in [0.4, 0.5) is 0 Å². The molecular weight excluding hydrogens is 240 g/mol. The SMILES string of the molecule is Cl.c1cncc(-c2noc(CC3CNC3)n2)c1. The van der Waals surface area contributed by atoms with E-state index in [0.717, 1.165) is 25.1 Å². The van der Waals surface area contributed by atoms with Crippen LogP contribution in [0.3, 0.4) is 0 Å². The summed E-state index contributed by atoms with van der Waals surface area (Å²) < 4.78 is 5.21. The molecule has 90 valence electrons. The molecule has 1 fully saturated rings. The molecule has 0 amide bonds. The molecule has 0 spiro atoms. The standard InChI is InChI=1S/C11H12N4O.ClH/c1-2-9(7-12-3-1)11-14-10(16-15-11)4-8-5-13-6-8;/h1-3,7-8,13H,4-6H2;1H. The largest absolute Gasteiger partial charge is 0.339 e. The molecule has 0 radical (unpaired) electrons. The molecule has 1 aliphatic rings. The average molecular weight is 253 g/mol. The molecule has 2 aromatic heterocycles. The molecule has 17 heavy (non-hydrogen) atoms. The van der Waals surface area contributed by atoms with E-state index in [-0.39, 0.29) is 12.4 Å². The van der Waals surface area contributed by atoms with E-state index >= 15 is 0 Å². The second-order valence-electron chi connectivity index (χ2n) is 3.98. The highest BCUT2D eigenvalue weighted by Gasteiger charge is 2.20. The van der Waals surface area contributed by atoms with E-state index in [2.05, 4.69) is 20.4 Å². The Morgan fingerprint density at radius 1 is 1.41 bits per heavy atom. The summed E-state index contributed by atoms with van der Waals surface area (Å²) in [5, 5.41) is 7.17. The van der Waals surface area contributed by atoms with Crippen molar-refractivity contribution in [1.29, 1.82) is 0 Å². The number of hydrogen-bond donors (Lipinski definition) is 1. The second-order valence-corrected chi connectivity index (χ2v) is 3.98. The summed E-state index contributed by atoms with van der Waals surface area (Å²) in [5.74, 6) is 1.97. The molecule has 3 rings (SSSR count). The normalized spacial score (nSPS) is 15.1. The molecule has 0 aromatic carbocycles. The van der Waals surface area contributed by atoms with Gasteiger partial charge in [0.05, 0.1) is 0 Å². The Kier molecular flexibility index (Phi) is 3.71. The lowest BCUT2D eigenvalue weighted by Gasteiger charge is -2.25. The lowest BCUT2D eigenvalue weighted by Crippen LogP contribution is -2.43. The molecule has 3 heterocycles. The van der Waals surface area contributed by atoms with Gasteiger partial charge in [0.1, 0.15) is 0 Å². The summed E-state index contributed by atoms with van der Waals surface area (Å²) in [7, 11) is 0. The number of hydrogen-bond acceptors (Lipinski definition) is 5. The van der Waals surface area contributed by atoms with Crippen LogP contribution in [0.25, 0.3) is 11.4 Å². The highest BCUT2D eigenvalue weighted by atomic mass is 35.5. The third kappa shape index (κ3) is 2.62. The Morgan fingerprint density at radius 2 is 2.29 bits per heavy atom. The number of rotatable bonds is 3. The van der Waals surface area contributed by atoms with Gasteiger partial charge in [-0.3, -0.25) is 4.98 Å². The molecule has 1 saturated heterocycles. The van der Waals surface area contributed by atoms with Gasteiger partial charge in [-0.1, -0.05) is 5.16 Å². The van der Waals surface area contributed by atoms with E-state index in [9.17, 15) is 0 Å². The fraction of sp³-hybridized carbons (Fsp3) is 0.364. The van der Waals surface area contributed by atoms with Gasteiger partial charge in [0.15, 0.2) is 0 Å². The van der Waals surface area contributed by atoms with Gasteiger partial charge in [-0.2, -0.15) is 4.98 Å². The molecule has 1 N–H and O–H groups in total. The quantitative estimate of drug-likeness (QED) is 0.893. The van der Waals surface area contributed by atoms with Crippen molar-refractivity contribution in [3.63, 3.8) is 0 Å². The summed E-state index contributed by atoms with van der Waals surface area (Å²) in [6.07, 6.45) is 4.32. The summed E-state index contributed by atoms with van der Waals surface area (Å²) >= 11 is 0. The molecule has 2 aromatic rings. The van der Waals surface area contributed by atoms with Gasteiger partial charge in [-0.15, -0.1) is 12.4 Å². The van der Waals surface area contributed by atoms with Crippen molar-refractivity contribution in [2.75, 3.05) is 13.1 Å². The lowest BCUT2D eigenvalue weighted by atomic mass is 10.00. The highest BCUT2D eigenvalue weighted by Crippen LogP contribution is 2.16. The molecule has 0 atom stereocenters. The maximum absolute atomic E-state index is 5.21. The van der Waals surface area contributed by atoms with Crippen LogP contribution in [0.2, 0.25) is 0 Å². The van der Waals surface area contributed by atoms with Crippen LogP contribution in [-0.4, -0.2) is 28.2 Å². The van der Waals surface area contributed by atoms with Gasteiger partial charge in [0, 0.05) is 24.4 Å². The van der Waals surface area contributed by atoms with Crippen molar-refractivity contribution < 1.29 is 4.52 Å². The Hall–Kier alpha value is -1.46. The highest BCUT2D eigenvalue weighted by molar-refractivity contribution is 5.85. The fourth-order valence-electron chi connectivity index (χ4n) is 1.69. The minimum atomic E-state index is 0. The first-order valence-electron chi connectivity index (χ1n) is 5.35. The molecule has 5 nitrogen and oxygen atoms in total. The Labute approximate surface area is 105 Å². The maximum Gasteiger partial charge on any atom is 0.227 e. The Bertz CT molecular complexity index is 469. The van der Waals surface area contributed by atoms with Crippen LogP contribution < -0.4 is 5.32 Å². The van der Waals surface area contributed by atoms with Crippen molar-refractivity contribution in [3.8, 4) is 11.4 Å². The first-order valence-corrected chi connectivity index (χ1v) is 5.35. The van der Waals surface area contributed by atoms with Crippen LogP contribution >= 0.6 is 12.4 Å². The van der Waals surface area contributed by atoms with Crippen molar-refractivity contribution in [3.05, 3.63) is 30.4 Å². The number of nitrogens with zero attached hydrogens (tertiary/aromatic N) is 3. The first-order chi connectivity index (χ1) is 7.92. The molecule has 0 bridgehead atoms. The predicted octanol–water partition coefficient (Wildman–Crippen LogP) is 1.32. The molecular formula is C11H13ClN4O. The first kappa shape index (κ1) is 12.0. The van der Waals surface area contributed by atoms with Gasteiger partial charge < -0.3 is 9.84 Å². The zero-order valence-electron chi connectivity index (χ0n) is 9.17. The third-order valence-electron chi connectivity index (χ3n) is 2.72. The average Bonchev–Trinajstić information content (AvgIpc) is 2.73. The van der Waals surface area contributed by atoms with E-state index in [1.54, 1.807) is 12.4 Å². The number of halogens is 1. The number of aromatic nitrogens is 3. The third-order valence-corrected chi connectivity index (χ3v) is 2.72. The van der Waals surface area contributed by atoms with Crippen molar-refractivity contribution in [1.82, 2.24) is 20.4 Å². The smallest absolute Gasteiger partial charge is 0.227 e. The monoisotopic (exact) mass is 252 g/mol. The minimum absolute atomic E-state index is 0. The zero-order chi connectivity index (χ0) is 10.8. The molecule has 6 heteroatoms. The predicted molar refractivity (Wildman–Crippen MR) is 64.8 cm³/mol. The fourth-order valence-corrected chi connectivity index (χ4v) is 1.69. The number of pyridine rings is 1. The van der Waals surface area contributed by atoms with Crippen LogP contribution in [0.15, 0.2) is 29.0 Å². The minimum Gasteiger partial charge on any atom is -0.339 e. The van der Waals surface area contributed by atoms with Crippen LogP contribution in [0, 0.1) is 5.92 Å². The van der Waals surface area contributed by atoms with E-state index in [0.29, 0.717) is 17.6 Å². The van der Waals surface area contributed by atoms with Crippen LogP contribution in [0.5, 0.6) is 0 Å².